The zero-order valence-electron chi connectivity index (χ0n) is 12.6. The van der Waals surface area contributed by atoms with E-state index >= 15 is 0 Å². The molecule has 8 nitrogen and oxygen atoms in total. The monoisotopic (exact) mass is 341 g/mol. The summed E-state index contributed by atoms with van der Waals surface area (Å²) in [5.74, 6) is -2.43. The van der Waals surface area contributed by atoms with Crippen molar-refractivity contribution >= 4 is 29.5 Å². The number of aliphatic hydroxyl groups is 1. The van der Waals surface area contributed by atoms with E-state index in [0.29, 0.717) is 24.3 Å². The summed E-state index contributed by atoms with van der Waals surface area (Å²) in [7, 11) is 0. The lowest BCUT2D eigenvalue weighted by molar-refractivity contribution is -0.161. The lowest BCUT2D eigenvalue weighted by Crippen LogP contribution is -2.61. The van der Waals surface area contributed by atoms with Gasteiger partial charge >= 0.3 is 5.97 Å². The highest BCUT2D eigenvalue weighted by Crippen LogP contribution is 2.48. The second kappa shape index (κ2) is 5.81. The van der Waals surface area contributed by atoms with Crippen molar-refractivity contribution in [3.8, 4) is 0 Å². The number of rotatable bonds is 5. The van der Waals surface area contributed by atoms with Crippen molar-refractivity contribution in [1.82, 2.24) is 10.2 Å². The van der Waals surface area contributed by atoms with Crippen LogP contribution in [0.15, 0.2) is 10.6 Å². The number of nitrogens with zero attached hydrogens (tertiary/aromatic N) is 1. The molecule has 0 bridgehead atoms. The molecule has 0 aromatic carbocycles. The van der Waals surface area contributed by atoms with Crippen molar-refractivity contribution in [3.05, 3.63) is 10.6 Å². The van der Waals surface area contributed by atoms with Crippen LogP contribution in [0.2, 0.25) is 0 Å². The van der Waals surface area contributed by atoms with Crippen LogP contribution in [-0.4, -0.2) is 62.9 Å². The minimum absolute atomic E-state index is 0.0180. The van der Waals surface area contributed by atoms with Crippen LogP contribution in [-0.2, 0) is 14.4 Å². The largest absolute Gasteiger partial charge is 0.477 e. The Morgan fingerprint density at radius 1 is 1.48 bits per heavy atom. The van der Waals surface area contributed by atoms with Gasteiger partial charge in [0.15, 0.2) is 0 Å². The predicted octanol–water partition coefficient (Wildman–Crippen LogP) is -1.16. The molecular weight excluding hydrogens is 322 g/mol. The summed E-state index contributed by atoms with van der Waals surface area (Å²) in [5.41, 5.74) is 5.29. The first kappa shape index (κ1) is 16.3. The maximum Gasteiger partial charge on any atom is 0.353 e. The second-order valence-electron chi connectivity index (χ2n) is 6.16. The van der Waals surface area contributed by atoms with E-state index in [1.165, 1.54) is 16.7 Å². The molecule has 23 heavy (non-hydrogen) atoms. The average Bonchev–Trinajstić information content (AvgIpc) is 3.02. The van der Waals surface area contributed by atoms with E-state index < -0.39 is 29.9 Å². The van der Waals surface area contributed by atoms with E-state index in [4.69, 9.17) is 5.73 Å². The standard InChI is InChI=1S/C14H19N3O5S/c1-5(18)10-8-3-9(11(14(21)22)17(8)13(10)20)23-6-2-7(12(15)19)16-4-6/h5-8,10,16,18H,2-4H2,1H3,(H2,15,19)(H,21,22)/t5?,6?,7?,8-,10?/m0/s1. The van der Waals surface area contributed by atoms with Crippen LogP contribution < -0.4 is 11.1 Å². The highest BCUT2D eigenvalue weighted by Gasteiger charge is 2.57. The number of carboxylic acid groups (broad SMARTS) is 1. The normalized spacial score (nSPS) is 34.3. The highest BCUT2D eigenvalue weighted by molar-refractivity contribution is 8.03. The first-order valence-electron chi connectivity index (χ1n) is 7.48. The Hall–Kier alpha value is -1.58. The lowest BCUT2D eigenvalue weighted by atomic mass is 9.83. The number of amides is 2. The molecule has 3 heterocycles. The predicted molar refractivity (Wildman–Crippen MR) is 82.1 cm³/mol. The topological polar surface area (TPSA) is 133 Å². The molecule has 0 radical (unpaired) electrons. The van der Waals surface area contributed by atoms with Crippen LogP contribution in [0.4, 0.5) is 0 Å². The second-order valence-corrected chi connectivity index (χ2v) is 7.56. The minimum Gasteiger partial charge on any atom is -0.477 e. The minimum atomic E-state index is -1.13. The number of hydrogen-bond acceptors (Lipinski definition) is 6. The molecule has 0 aliphatic carbocycles. The molecular formula is C14H19N3O5S. The molecule has 3 aliphatic rings. The third-order valence-electron chi connectivity index (χ3n) is 4.63. The van der Waals surface area contributed by atoms with Crippen molar-refractivity contribution in [2.75, 3.05) is 6.54 Å². The summed E-state index contributed by atoms with van der Waals surface area (Å²) in [5, 5.41) is 22.2. The first-order valence-corrected chi connectivity index (χ1v) is 8.36. The number of nitrogens with one attached hydrogen (secondary N) is 1. The van der Waals surface area contributed by atoms with Crippen molar-refractivity contribution in [1.29, 1.82) is 0 Å². The number of thioether (sulfide) groups is 1. The average molecular weight is 341 g/mol. The van der Waals surface area contributed by atoms with Gasteiger partial charge in [-0.2, -0.15) is 0 Å². The molecule has 0 saturated carbocycles. The van der Waals surface area contributed by atoms with E-state index in [-0.39, 0.29) is 22.9 Å². The molecule has 2 fully saturated rings. The number of primary amides is 1. The molecule has 126 valence electrons. The number of carboxylic acids is 1. The van der Waals surface area contributed by atoms with E-state index in [2.05, 4.69) is 5.32 Å². The SMILES string of the molecule is CC(O)C1C(=O)N2C(C(=O)O)=C(SC3CNC(C(N)=O)C3)C[C@@H]12. The van der Waals surface area contributed by atoms with Crippen LogP contribution in [0.1, 0.15) is 19.8 Å². The van der Waals surface area contributed by atoms with Crippen LogP contribution >= 0.6 is 11.8 Å². The van der Waals surface area contributed by atoms with Gasteiger partial charge in [0.25, 0.3) is 0 Å². The van der Waals surface area contributed by atoms with Gasteiger partial charge in [0.2, 0.25) is 11.8 Å². The number of aliphatic carboxylic acids is 1. The smallest absolute Gasteiger partial charge is 0.353 e. The van der Waals surface area contributed by atoms with E-state index in [1.54, 1.807) is 6.92 Å². The molecule has 4 unspecified atom stereocenters. The Balaban J connectivity index is 1.75. The molecule has 5 N–H and O–H groups in total. The van der Waals surface area contributed by atoms with Crippen molar-refractivity contribution < 1.29 is 24.6 Å². The molecule has 3 aliphatic heterocycles. The Kier molecular flexibility index (Phi) is 4.11. The summed E-state index contributed by atoms with van der Waals surface area (Å²) < 4.78 is 0. The number of aliphatic hydroxyl groups excluding tert-OH is 1. The fourth-order valence-corrected chi connectivity index (χ4v) is 4.98. The van der Waals surface area contributed by atoms with Gasteiger partial charge in [-0.3, -0.25) is 9.59 Å². The van der Waals surface area contributed by atoms with Gasteiger partial charge in [-0.05, 0) is 13.3 Å². The number of carbonyl (C=O) groups excluding carboxylic acids is 2. The van der Waals surface area contributed by atoms with Gasteiger partial charge in [0.1, 0.15) is 5.70 Å². The van der Waals surface area contributed by atoms with Gasteiger partial charge in [-0.1, -0.05) is 0 Å². The van der Waals surface area contributed by atoms with Crippen LogP contribution in [0.5, 0.6) is 0 Å². The van der Waals surface area contributed by atoms with E-state index in [9.17, 15) is 24.6 Å². The lowest BCUT2D eigenvalue weighted by Gasteiger charge is -2.44. The highest BCUT2D eigenvalue weighted by atomic mass is 32.2. The first-order chi connectivity index (χ1) is 10.8. The molecule has 3 rings (SSSR count). The van der Waals surface area contributed by atoms with Crippen molar-refractivity contribution in [2.45, 2.75) is 43.2 Å². The van der Waals surface area contributed by atoms with Crippen LogP contribution in [0.3, 0.4) is 0 Å². The van der Waals surface area contributed by atoms with Crippen LogP contribution in [0.25, 0.3) is 0 Å². The third-order valence-corrected chi connectivity index (χ3v) is 5.97. The van der Waals surface area contributed by atoms with Crippen molar-refractivity contribution in [2.24, 2.45) is 11.7 Å². The fourth-order valence-electron chi connectivity index (χ4n) is 3.55. The number of hydrogen-bond donors (Lipinski definition) is 4. The zero-order valence-corrected chi connectivity index (χ0v) is 13.4. The van der Waals surface area contributed by atoms with Gasteiger partial charge in [-0.15, -0.1) is 11.8 Å². The Labute approximate surface area is 137 Å². The Morgan fingerprint density at radius 3 is 2.70 bits per heavy atom. The number of β-lactam (4-membered cyclic amide) rings is 1. The molecule has 9 heteroatoms. The molecule has 2 amide bonds. The zero-order chi connectivity index (χ0) is 16.9. The van der Waals surface area contributed by atoms with Crippen molar-refractivity contribution in [3.63, 3.8) is 0 Å². The Morgan fingerprint density at radius 2 is 2.17 bits per heavy atom. The maximum atomic E-state index is 12.1. The maximum absolute atomic E-state index is 12.1. The summed E-state index contributed by atoms with van der Waals surface area (Å²) in [6.45, 7) is 2.11. The summed E-state index contributed by atoms with van der Waals surface area (Å²) in [6.07, 6.45) is 0.177. The molecule has 0 aromatic rings. The molecule has 0 aromatic heterocycles. The number of fused-ring (bicyclic) bond motifs is 1. The number of carbonyl (C=O) groups is 3. The molecule has 2 saturated heterocycles. The third kappa shape index (κ3) is 2.62. The molecule has 5 atom stereocenters. The summed E-state index contributed by atoms with van der Waals surface area (Å²) >= 11 is 1.39. The quantitative estimate of drug-likeness (QED) is 0.464. The van der Waals surface area contributed by atoms with Gasteiger partial charge in [0.05, 0.1) is 24.1 Å². The fraction of sp³-hybridized carbons (Fsp3) is 0.643. The Bertz CT molecular complexity index is 605. The van der Waals surface area contributed by atoms with Gasteiger partial charge < -0.3 is 26.2 Å². The van der Waals surface area contributed by atoms with E-state index in [0.717, 1.165) is 0 Å². The van der Waals surface area contributed by atoms with E-state index in [1.807, 2.05) is 0 Å². The molecule has 0 spiro atoms. The summed E-state index contributed by atoms with van der Waals surface area (Å²) in [6, 6.07) is -0.677. The number of nitrogens with two attached hydrogens (primary N) is 1. The van der Waals surface area contributed by atoms with Crippen LogP contribution in [0, 0.1) is 5.92 Å². The van der Waals surface area contributed by atoms with Gasteiger partial charge in [-0.25, -0.2) is 4.79 Å². The van der Waals surface area contributed by atoms with Gasteiger partial charge in [0, 0.05) is 23.1 Å². The summed E-state index contributed by atoms with van der Waals surface area (Å²) in [4.78, 5) is 36.8.